The highest BCUT2D eigenvalue weighted by atomic mass is 32.1. The standard InChI is InChI=1S/C17H24N4S/c1-2-3-11-19-17(18)20-12-15-13-22-16(21-15)10-9-14-7-5-4-6-8-14/h4-8,13H,2-3,9-12H2,1H3,(H3,18,19,20). The first-order valence-electron chi connectivity index (χ1n) is 7.79. The van der Waals surface area contributed by atoms with Crippen LogP contribution in [-0.2, 0) is 19.4 Å². The minimum absolute atomic E-state index is 0.507. The van der Waals surface area contributed by atoms with E-state index in [0.717, 1.165) is 42.9 Å². The fourth-order valence-corrected chi connectivity index (χ4v) is 2.84. The van der Waals surface area contributed by atoms with Gasteiger partial charge in [-0.1, -0.05) is 43.7 Å². The minimum atomic E-state index is 0.507. The number of hydrogen-bond acceptors (Lipinski definition) is 3. The number of benzene rings is 1. The third-order valence-corrected chi connectivity index (χ3v) is 4.27. The van der Waals surface area contributed by atoms with E-state index in [1.54, 1.807) is 11.3 Å². The number of rotatable bonds is 8. The lowest BCUT2D eigenvalue weighted by atomic mass is 10.1. The Hall–Kier alpha value is -1.88. The van der Waals surface area contributed by atoms with Crippen molar-refractivity contribution in [1.82, 2.24) is 10.3 Å². The summed E-state index contributed by atoms with van der Waals surface area (Å²) < 4.78 is 0. The Kier molecular flexibility index (Phi) is 6.90. The van der Waals surface area contributed by atoms with Crippen LogP contribution in [-0.4, -0.2) is 17.5 Å². The van der Waals surface area contributed by atoms with E-state index in [1.807, 2.05) is 6.07 Å². The van der Waals surface area contributed by atoms with Gasteiger partial charge in [-0.2, -0.15) is 0 Å². The van der Waals surface area contributed by atoms with E-state index in [2.05, 4.69) is 51.9 Å². The summed E-state index contributed by atoms with van der Waals surface area (Å²) >= 11 is 1.70. The zero-order valence-corrected chi connectivity index (χ0v) is 13.9. The molecule has 0 bridgehead atoms. The fraction of sp³-hybridized carbons (Fsp3) is 0.412. The van der Waals surface area contributed by atoms with Crippen LogP contribution in [0.1, 0.15) is 36.0 Å². The summed E-state index contributed by atoms with van der Waals surface area (Å²) in [5, 5.41) is 6.34. The number of nitrogens with one attached hydrogen (secondary N) is 1. The molecule has 3 N–H and O–H groups in total. The Morgan fingerprint density at radius 1 is 1.27 bits per heavy atom. The summed E-state index contributed by atoms with van der Waals surface area (Å²) in [5.41, 5.74) is 8.16. The van der Waals surface area contributed by atoms with Crippen LogP contribution in [0, 0.1) is 0 Å². The molecule has 0 amide bonds. The van der Waals surface area contributed by atoms with Crippen LogP contribution in [0.4, 0.5) is 0 Å². The van der Waals surface area contributed by atoms with Crippen LogP contribution >= 0.6 is 11.3 Å². The maximum absolute atomic E-state index is 5.82. The second kappa shape index (κ2) is 9.20. The number of thiazole rings is 1. The molecule has 5 heteroatoms. The second-order valence-electron chi connectivity index (χ2n) is 5.20. The first kappa shape index (κ1) is 16.5. The van der Waals surface area contributed by atoms with E-state index in [9.17, 15) is 0 Å². The molecule has 0 aliphatic heterocycles. The van der Waals surface area contributed by atoms with Crippen LogP contribution in [0.15, 0.2) is 40.7 Å². The van der Waals surface area contributed by atoms with E-state index in [-0.39, 0.29) is 0 Å². The zero-order chi connectivity index (χ0) is 15.6. The summed E-state index contributed by atoms with van der Waals surface area (Å²) in [5.74, 6) is 0.507. The van der Waals surface area contributed by atoms with E-state index >= 15 is 0 Å². The van der Waals surface area contributed by atoms with Crippen LogP contribution in [0.3, 0.4) is 0 Å². The lowest BCUT2D eigenvalue weighted by molar-refractivity contribution is 0.747. The molecule has 0 aliphatic carbocycles. The molecule has 0 saturated carbocycles. The molecular weight excluding hydrogens is 292 g/mol. The lowest BCUT2D eigenvalue weighted by Crippen LogP contribution is -2.32. The average Bonchev–Trinajstić information content (AvgIpc) is 3.00. The van der Waals surface area contributed by atoms with E-state index < -0.39 is 0 Å². The number of nitrogens with zero attached hydrogens (tertiary/aromatic N) is 2. The third-order valence-electron chi connectivity index (χ3n) is 3.32. The van der Waals surface area contributed by atoms with Crippen molar-refractivity contribution in [1.29, 1.82) is 0 Å². The largest absolute Gasteiger partial charge is 0.370 e. The molecule has 0 saturated heterocycles. The molecule has 22 heavy (non-hydrogen) atoms. The molecule has 0 spiro atoms. The van der Waals surface area contributed by atoms with Gasteiger partial charge in [0.25, 0.3) is 0 Å². The molecule has 1 aromatic carbocycles. The van der Waals surface area contributed by atoms with Gasteiger partial charge in [-0.05, 0) is 18.4 Å². The van der Waals surface area contributed by atoms with Gasteiger partial charge in [0, 0.05) is 18.3 Å². The molecular formula is C17H24N4S. The van der Waals surface area contributed by atoms with Gasteiger partial charge in [-0.25, -0.2) is 9.98 Å². The molecule has 0 aliphatic rings. The Morgan fingerprint density at radius 2 is 2.09 bits per heavy atom. The maximum atomic E-state index is 5.82. The molecule has 2 aromatic rings. The number of hydrogen-bond donors (Lipinski definition) is 2. The summed E-state index contributed by atoms with van der Waals surface area (Å²) in [7, 11) is 0. The number of aliphatic imine (C=N–C) groups is 1. The minimum Gasteiger partial charge on any atom is -0.370 e. The quantitative estimate of drug-likeness (QED) is 0.447. The molecule has 2 rings (SSSR count). The van der Waals surface area contributed by atoms with Crippen molar-refractivity contribution in [2.75, 3.05) is 6.54 Å². The van der Waals surface area contributed by atoms with Crippen LogP contribution < -0.4 is 11.1 Å². The fourth-order valence-electron chi connectivity index (χ4n) is 2.05. The smallest absolute Gasteiger partial charge is 0.188 e. The Morgan fingerprint density at radius 3 is 2.86 bits per heavy atom. The molecule has 0 fully saturated rings. The lowest BCUT2D eigenvalue weighted by Gasteiger charge is -2.03. The number of aryl methyl sites for hydroxylation is 2. The SMILES string of the molecule is CCCCNC(N)=NCc1csc(CCc2ccccc2)n1. The van der Waals surface area contributed by atoms with Crippen LogP contribution in [0.25, 0.3) is 0 Å². The van der Waals surface area contributed by atoms with Crippen molar-refractivity contribution in [2.24, 2.45) is 10.7 Å². The van der Waals surface area contributed by atoms with Gasteiger partial charge in [0.15, 0.2) is 5.96 Å². The first-order chi connectivity index (χ1) is 10.8. The van der Waals surface area contributed by atoms with Gasteiger partial charge in [-0.15, -0.1) is 11.3 Å². The summed E-state index contributed by atoms with van der Waals surface area (Å²) in [6.45, 7) is 3.58. The van der Waals surface area contributed by atoms with Crippen molar-refractivity contribution in [3.63, 3.8) is 0 Å². The highest BCUT2D eigenvalue weighted by Gasteiger charge is 2.02. The highest BCUT2D eigenvalue weighted by molar-refractivity contribution is 7.09. The molecule has 1 heterocycles. The Bertz CT molecular complexity index is 577. The van der Waals surface area contributed by atoms with Crippen molar-refractivity contribution >= 4 is 17.3 Å². The van der Waals surface area contributed by atoms with E-state index in [4.69, 9.17) is 5.73 Å². The number of unbranched alkanes of at least 4 members (excludes halogenated alkanes) is 1. The van der Waals surface area contributed by atoms with Gasteiger partial charge >= 0.3 is 0 Å². The highest BCUT2D eigenvalue weighted by Crippen LogP contribution is 2.13. The third kappa shape index (κ3) is 5.85. The van der Waals surface area contributed by atoms with E-state index in [1.165, 1.54) is 5.56 Å². The number of nitrogens with two attached hydrogens (primary N) is 1. The predicted molar refractivity (Wildman–Crippen MR) is 94.2 cm³/mol. The maximum Gasteiger partial charge on any atom is 0.188 e. The normalized spacial score (nSPS) is 11.6. The average molecular weight is 316 g/mol. The second-order valence-corrected chi connectivity index (χ2v) is 6.14. The van der Waals surface area contributed by atoms with Crippen LogP contribution in [0.2, 0.25) is 0 Å². The van der Waals surface area contributed by atoms with E-state index in [0.29, 0.717) is 12.5 Å². The molecule has 0 radical (unpaired) electrons. The molecule has 118 valence electrons. The van der Waals surface area contributed by atoms with Crippen molar-refractivity contribution < 1.29 is 0 Å². The van der Waals surface area contributed by atoms with Gasteiger partial charge in [0.1, 0.15) is 0 Å². The van der Waals surface area contributed by atoms with Crippen LogP contribution in [0.5, 0.6) is 0 Å². The van der Waals surface area contributed by atoms with Crippen molar-refractivity contribution in [3.8, 4) is 0 Å². The van der Waals surface area contributed by atoms with Gasteiger partial charge in [0.2, 0.25) is 0 Å². The first-order valence-corrected chi connectivity index (χ1v) is 8.67. The Labute approximate surface area is 136 Å². The predicted octanol–water partition coefficient (Wildman–Crippen LogP) is 3.13. The molecule has 4 nitrogen and oxygen atoms in total. The molecule has 0 unspecified atom stereocenters. The Balaban J connectivity index is 1.77. The molecule has 0 atom stereocenters. The van der Waals surface area contributed by atoms with Crippen molar-refractivity contribution in [2.45, 2.75) is 39.2 Å². The summed E-state index contributed by atoms with van der Waals surface area (Å²) in [6.07, 6.45) is 4.26. The number of guanidine groups is 1. The summed E-state index contributed by atoms with van der Waals surface area (Å²) in [4.78, 5) is 8.95. The van der Waals surface area contributed by atoms with Gasteiger partial charge in [0.05, 0.1) is 17.2 Å². The molecule has 1 aromatic heterocycles. The van der Waals surface area contributed by atoms with Crippen molar-refractivity contribution in [3.05, 3.63) is 52.0 Å². The van der Waals surface area contributed by atoms with Gasteiger partial charge < -0.3 is 11.1 Å². The number of aromatic nitrogens is 1. The van der Waals surface area contributed by atoms with Gasteiger partial charge in [-0.3, -0.25) is 0 Å². The summed E-state index contributed by atoms with van der Waals surface area (Å²) in [6, 6.07) is 10.5. The zero-order valence-electron chi connectivity index (χ0n) is 13.1. The topological polar surface area (TPSA) is 63.3 Å². The monoisotopic (exact) mass is 316 g/mol.